The maximum absolute atomic E-state index is 9.00. The molecule has 0 aliphatic rings. The Labute approximate surface area is 104 Å². The maximum atomic E-state index is 9.00. The van der Waals surface area contributed by atoms with Gasteiger partial charge in [0, 0.05) is 6.92 Å². The molecule has 0 aromatic heterocycles. The molecular weight excluding hydrogens is 212 g/mol. The lowest BCUT2D eigenvalue weighted by molar-refractivity contribution is -0.134. The van der Waals surface area contributed by atoms with Gasteiger partial charge in [-0.05, 0) is 36.5 Å². The van der Waals surface area contributed by atoms with Crippen molar-refractivity contribution >= 4 is 12.0 Å². The molecule has 0 amide bonds. The molecule has 1 aromatic rings. The minimum Gasteiger partial charge on any atom is -0.481 e. The van der Waals surface area contributed by atoms with Crippen molar-refractivity contribution in [2.75, 3.05) is 0 Å². The summed E-state index contributed by atoms with van der Waals surface area (Å²) in [4.78, 5) is 9.00. The quantitative estimate of drug-likeness (QED) is 0.831. The van der Waals surface area contributed by atoms with Crippen LogP contribution in [0.1, 0.15) is 50.3 Å². The molecule has 0 spiro atoms. The molecule has 0 aliphatic heterocycles. The first-order valence-electron chi connectivity index (χ1n) is 5.81. The van der Waals surface area contributed by atoms with Gasteiger partial charge >= 0.3 is 0 Å². The summed E-state index contributed by atoms with van der Waals surface area (Å²) in [5, 5.41) is 7.42. The number of hydrogen-bond acceptors (Lipinski definition) is 1. The molecule has 0 atom stereocenters. The highest BCUT2D eigenvalue weighted by Crippen LogP contribution is 2.19. The van der Waals surface area contributed by atoms with Crippen molar-refractivity contribution in [2.24, 2.45) is 0 Å². The highest BCUT2D eigenvalue weighted by Gasteiger charge is 2.00. The van der Waals surface area contributed by atoms with Crippen LogP contribution in [-0.4, -0.2) is 11.1 Å². The van der Waals surface area contributed by atoms with E-state index in [0.29, 0.717) is 5.92 Å². The number of carbonyl (C=O) groups is 1. The third-order valence-electron chi connectivity index (χ3n) is 2.32. The van der Waals surface area contributed by atoms with Gasteiger partial charge in [0.2, 0.25) is 0 Å². The maximum Gasteiger partial charge on any atom is 0.300 e. The minimum absolute atomic E-state index is 0.615. The summed E-state index contributed by atoms with van der Waals surface area (Å²) in [5.74, 6) is -0.218. The molecule has 0 radical (unpaired) electrons. The van der Waals surface area contributed by atoms with E-state index in [1.807, 2.05) is 0 Å². The van der Waals surface area contributed by atoms with Crippen molar-refractivity contribution in [2.45, 2.75) is 40.5 Å². The van der Waals surface area contributed by atoms with Crippen LogP contribution < -0.4 is 0 Å². The van der Waals surface area contributed by atoms with Crippen LogP contribution in [0.5, 0.6) is 0 Å². The van der Waals surface area contributed by atoms with E-state index in [9.17, 15) is 0 Å². The van der Waals surface area contributed by atoms with Gasteiger partial charge in [0.1, 0.15) is 0 Å². The smallest absolute Gasteiger partial charge is 0.300 e. The average molecular weight is 234 g/mol. The van der Waals surface area contributed by atoms with Crippen LogP contribution in [0.25, 0.3) is 6.08 Å². The molecule has 1 N–H and O–H groups in total. The lowest BCUT2D eigenvalue weighted by atomic mass is 9.98. The molecule has 0 fully saturated rings. The Kier molecular flexibility index (Phi) is 6.95. The number of carboxylic acids is 1. The Bertz CT molecular complexity index is 386. The van der Waals surface area contributed by atoms with Gasteiger partial charge in [-0.1, -0.05) is 44.2 Å². The summed E-state index contributed by atoms with van der Waals surface area (Å²) in [5.41, 5.74) is 4.11. The van der Waals surface area contributed by atoms with Gasteiger partial charge in [-0.3, -0.25) is 4.79 Å². The van der Waals surface area contributed by atoms with Gasteiger partial charge in [-0.2, -0.15) is 0 Å². The number of rotatable bonds is 2. The molecule has 0 saturated heterocycles. The molecule has 1 aromatic carbocycles. The van der Waals surface area contributed by atoms with E-state index in [1.165, 1.54) is 16.7 Å². The number of aliphatic carboxylic acids is 1. The predicted octanol–water partition coefficient (Wildman–Crippen LogP) is 4.24. The second kappa shape index (κ2) is 7.66. The molecule has 0 aliphatic carbocycles. The summed E-state index contributed by atoms with van der Waals surface area (Å²) in [6.45, 7) is 9.75. The zero-order chi connectivity index (χ0) is 13.4. The Morgan fingerprint density at radius 2 is 1.88 bits per heavy atom. The molecule has 0 unspecified atom stereocenters. The Morgan fingerprint density at radius 3 is 2.29 bits per heavy atom. The summed E-state index contributed by atoms with van der Waals surface area (Å²) < 4.78 is 0. The first-order chi connectivity index (χ1) is 7.88. The highest BCUT2D eigenvalue weighted by molar-refractivity contribution is 5.63. The Morgan fingerprint density at radius 1 is 1.35 bits per heavy atom. The van der Waals surface area contributed by atoms with Gasteiger partial charge in [-0.15, -0.1) is 0 Å². The number of hydrogen-bond donors (Lipinski definition) is 1. The largest absolute Gasteiger partial charge is 0.481 e. The van der Waals surface area contributed by atoms with E-state index in [4.69, 9.17) is 9.90 Å². The fourth-order valence-electron chi connectivity index (χ4n) is 1.38. The molecule has 2 nitrogen and oxygen atoms in total. The lowest BCUT2D eigenvalue weighted by Crippen LogP contribution is -1.89. The Balaban J connectivity index is 0.000000557. The third kappa shape index (κ3) is 6.56. The second-order valence-corrected chi connectivity index (χ2v) is 4.29. The minimum atomic E-state index is -0.833. The van der Waals surface area contributed by atoms with Crippen molar-refractivity contribution in [3.8, 4) is 0 Å². The zero-order valence-electron chi connectivity index (χ0n) is 11.3. The zero-order valence-corrected chi connectivity index (χ0v) is 11.3. The van der Waals surface area contributed by atoms with Crippen molar-refractivity contribution in [3.63, 3.8) is 0 Å². The molecule has 0 saturated carbocycles. The first kappa shape index (κ1) is 15.4. The van der Waals surface area contributed by atoms with Crippen LogP contribution >= 0.6 is 0 Å². The van der Waals surface area contributed by atoms with E-state index in [2.05, 4.69) is 58.0 Å². The van der Waals surface area contributed by atoms with E-state index in [1.54, 1.807) is 0 Å². The molecule has 0 bridgehead atoms. The van der Waals surface area contributed by atoms with Crippen molar-refractivity contribution in [1.82, 2.24) is 0 Å². The van der Waals surface area contributed by atoms with Crippen LogP contribution in [0, 0.1) is 6.92 Å². The normalized spacial score (nSPS) is 10.2. The van der Waals surface area contributed by atoms with Crippen LogP contribution in [-0.2, 0) is 4.79 Å². The van der Waals surface area contributed by atoms with E-state index >= 15 is 0 Å². The molecule has 1 rings (SSSR count). The van der Waals surface area contributed by atoms with Crippen molar-refractivity contribution < 1.29 is 9.90 Å². The van der Waals surface area contributed by atoms with E-state index in [0.717, 1.165) is 6.92 Å². The molecule has 2 heteroatoms. The van der Waals surface area contributed by atoms with E-state index < -0.39 is 5.97 Å². The van der Waals surface area contributed by atoms with Gasteiger partial charge in [0.05, 0.1) is 0 Å². The molecular formula is C15H22O2. The first-order valence-corrected chi connectivity index (χ1v) is 5.81. The van der Waals surface area contributed by atoms with E-state index in [-0.39, 0.29) is 0 Å². The third-order valence-corrected chi connectivity index (χ3v) is 2.32. The number of aryl methyl sites for hydroxylation is 1. The number of allylic oxidation sites excluding steroid dienone is 1. The summed E-state index contributed by atoms with van der Waals surface area (Å²) in [7, 11) is 0. The molecule has 17 heavy (non-hydrogen) atoms. The van der Waals surface area contributed by atoms with Crippen LogP contribution in [0.3, 0.4) is 0 Å². The summed E-state index contributed by atoms with van der Waals surface area (Å²) in [6, 6.07) is 6.69. The van der Waals surface area contributed by atoms with Gasteiger partial charge in [0.25, 0.3) is 5.97 Å². The molecule has 94 valence electrons. The van der Waals surface area contributed by atoms with Crippen molar-refractivity contribution in [3.05, 3.63) is 41.0 Å². The fraction of sp³-hybridized carbons (Fsp3) is 0.400. The second-order valence-electron chi connectivity index (χ2n) is 4.29. The monoisotopic (exact) mass is 234 g/mol. The van der Waals surface area contributed by atoms with Gasteiger partial charge in [-0.25, -0.2) is 0 Å². The summed E-state index contributed by atoms with van der Waals surface area (Å²) in [6.07, 6.45) is 4.26. The highest BCUT2D eigenvalue weighted by atomic mass is 16.4. The van der Waals surface area contributed by atoms with Gasteiger partial charge < -0.3 is 5.11 Å². The fourth-order valence-corrected chi connectivity index (χ4v) is 1.38. The van der Waals surface area contributed by atoms with Crippen LogP contribution in [0.4, 0.5) is 0 Å². The average Bonchev–Trinajstić information content (AvgIpc) is 2.20. The van der Waals surface area contributed by atoms with Crippen molar-refractivity contribution in [1.29, 1.82) is 0 Å². The number of benzene rings is 1. The SMILES string of the molecule is CC(=O)O.CC=Cc1cc(C(C)C)ccc1C. The van der Waals surface area contributed by atoms with Gasteiger partial charge in [0.15, 0.2) is 0 Å². The summed E-state index contributed by atoms with van der Waals surface area (Å²) >= 11 is 0. The Hall–Kier alpha value is -1.57. The number of carboxylic acid groups (broad SMARTS) is 1. The predicted molar refractivity (Wildman–Crippen MR) is 73.3 cm³/mol. The lowest BCUT2D eigenvalue weighted by Gasteiger charge is -2.08. The molecule has 0 heterocycles. The topological polar surface area (TPSA) is 37.3 Å². The van der Waals surface area contributed by atoms with Crippen LogP contribution in [0.2, 0.25) is 0 Å². The standard InChI is InChI=1S/C13H18.C2H4O2/c1-5-6-13-9-12(10(2)3)8-7-11(13)4;1-2(3)4/h5-10H,1-4H3;1H3,(H,3,4). The van der Waals surface area contributed by atoms with Crippen LogP contribution in [0.15, 0.2) is 24.3 Å².